The van der Waals surface area contributed by atoms with Crippen LogP contribution in [-0.2, 0) is 4.79 Å². The van der Waals surface area contributed by atoms with Crippen molar-refractivity contribution in [2.75, 3.05) is 0 Å². The average Bonchev–Trinajstić information content (AvgIpc) is 2.07. The lowest BCUT2D eigenvalue weighted by Crippen LogP contribution is -2.51. The molecule has 0 heterocycles. The Kier molecular flexibility index (Phi) is 4.47. The zero-order valence-electron chi connectivity index (χ0n) is 12.7. The number of rotatable bonds is 4. The van der Waals surface area contributed by atoms with Crippen LogP contribution in [0.3, 0.4) is 0 Å². The van der Waals surface area contributed by atoms with Gasteiger partial charge in [-0.15, -0.1) is 0 Å². The molecule has 1 atom stereocenters. The molecule has 1 aliphatic rings. The second-order valence-electron chi connectivity index (χ2n) is 7.84. The van der Waals surface area contributed by atoms with Gasteiger partial charge in [0.2, 0.25) is 0 Å². The number of carboxylic acid groups (broad SMARTS) is 1. The number of carboxylic acids is 1. The van der Waals surface area contributed by atoms with Crippen molar-refractivity contribution in [3.8, 4) is 0 Å². The van der Waals surface area contributed by atoms with Crippen molar-refractivity contribution < 1.29 is 9.90 Å². The van der Waals surface area contributed by atoms with E-state index in [1.807, 2.05) is 13.8 Å². The van der Waals surface area contributed by atoms with E-state index in [4.69, 9.17) is 0 Å². The first-order valence-corrected chi connectivity index (χ1v) is 7.01. The third-order valence-electron chi connectivity index (χ3n) is 3.90. The predicted octanol–water partition coefficient (Wildman–Crippen LogP) is 3.29. The van der Waals surface area contributed by atoms with Gasteiger partial charge in [0.1, 0.15) is 6.04 Å². The van der Waals surface area contributed by atoms with Gasteiger partial charge in [0.25, 0.3) is 0 Å². The van der Waals surface area contributed by atoms with Crippen LogP contribution in [0.1, 0.15) is 60.8 Å². The van der Waals surface area contributed by atoms with Gasteiger partial charge in [0, 0.05) is 6.04 Å². The van der Waals surface area contributed by atoms with Crippen molar-refractivity contribution in [1.29, 1.82) is 0 Å². The average molecular weight is 255 g/mol. The molecule has 0 aromatic rings. The molecule has 0 bridgehead atoms. The van der Waals surface area contributed by atoms with Gasteiger partial charge in [0.05, 0.1) is 0 Å². The highest BCUT2D eigenvalue weighted by Gasteiger charge is 2.39. The van der Waals surface area contributed by atoms with E-state index in [1.54, 1.807) is 0 Å². The molecule has 1 unspecified atom stereocenters. The molecule has 0 saturated heterocycles. The van der Waals surface area contributed by atoms with Crippen LogP contribution in [0.25, 0.3) is 0 Å². The Balaban J connectivity index is 2.74. The summed E-state index contributed by atoms with van der Waals surface area (Å²) in [5.74, 6) is -0.609. The Morgan fingerprint density at radius 2 is 1.61 bits per heavy atom. The smallest absolute Gasteiger partial charge is 0.320 e. The third-order valence-corrected chi connectivity index (χ3v) is 3.90. The molecule has 0 radical (unpaired) electrons. The molecule has 18 heavy (non-hydrogen) atoms. The summed E-state index contributed by atoms with van der Waals surface area (Å²) in [5.41, 5.74) is 0.582. The van der Waals surface area contributed by atoms with E-state index in [0.717, 1.165) is 12.8 Å². The minimum Gasteiger partial charge on any atom is -0.480 e. The van der Waals surface area contributed by atoms with Gasteiger partial charge in [-0.2, -0.15) is 0 Å². The van der Waals surface area contributed by atoms with Gasteiger partial charge in [-0.25, -0.2) is 0 Å². The third kappa shape index (κ3) is 4.27. The molecule has 2 N–H and O–H groups in total. The molecule has 106 valence electrons. The lowest BCUT2D eigenvalue weighted by molar-refractivity contribution is -0.141. The minimum atomic E-state index is -0.730. The lowest BCUT2D eigenvalue weighted by atomic mass is 9.63. The van der Waals surface area contributed by atoms with Crippen LogP contribution in [0.15, 0.2) is 0 Å². The van der Waals surface area contributed by atoms with E-state index in [1.165, 1.54) is 6.42 Å². The van der Waals surface area contributed by atoms with Crippen LogP contribution < -0.4 is 5.32 Å². The van der Waals surface area contributed by atoms with Crippen molar-refractivity contribution >= 4 is 5.97 Å². The van der Waals surface area contributed by atoms with E-state index in [-0.39, 0.29) is 5.92 Å². The number of nitrogens with one attached hydrogen (secondary N) is 1. The van der Waals surface area contributed by atoms with E-state index in [2.05, 4.69) is 33.0 Å². The topological polar surface area (TPSA) is 49.3 Å². The summed E-state index contributed by atoms with van der Waals surface area (Å²) in [7, 11) is 0. The summed E-state index contributed by atoms with van der Waals surface area (Å²) in [6.07, 6.45) is 3.33. The largest absolute Gasteiger partial charge is 0.480 e. The second-order valence-corrected chi connectivity index (χ2v) is 7.84. The Morgan fingerprint density at radius 1 is 1.17 bits per heavy atom. The number of carbonyl (C=O) groups is 1. The van der Waals surface area contributed by atoms with Crippen LogP contribution in [0.5, 0.6) is 0 Å². The van der Waals surface area contributed by atoms with E-state index >= 15 is 0 Å². The molecular weight excluding hydrogens is 226 g/mol. The maximum atomic E-state index is 11.3. The number of hydrogen-bond donors (Lipinski definition) is 2. The van der Waals surface area contributed by atoms with E-state index in [9.17, 15) is 9.90 Å². The first kappa shape index (κ1) is 15.5. The predicted molar refractivity (Wildman–Crippen MR) is 74.6 cm³/mol. The zero-order chi connectivity index (χ0) is 14.1. The fourth-order valence-electron chi connectivity index (χ4n) is 3.77. The van der Waals surface area contributed by atoms with E-state index in [0.29, 0.717) is 16.9 Å². The van der Waals surface area contributed by atoms with Crippen LogP contribution in [0, 0.1) is 16.7 Å². The Bertz CT molecular complexity index is 292. The van der Waals surface area contributed by atoms with Crippen LogP contribution in [0.2, 0.25) is 0 Å². The molecule has 0 aromatic carbocycles. The molecule has 1 aliphatic carbocycles. The van der Waals surface area contributed by atoms with Gasteiger partial charge in [-0.1, -0.05) is 41.5 Å². The molecule has 1 saturated carbocycles. The van der Waals surface area contributed by atoms with Gasteiger partial charge in [-0.3, -0.25) is 4.79 Å². The van der Waals surface area contributed by atoms with Crippen molar-refractivity contribution in [2.45, 2.75) is 72.9 Å². The summed E-state index contributed by atoms with van der Waals surface area (Å²) >= 11 is 0. The highest BCUT2D eigenvalue weighted by molar-refractivity contribution is 5.73. The molecule has 3 heteroatoms. The number of aliphatic carboxylic acids is 1. The summed E-state index contributed by atoms with van der Waals surface area (Å²) in [5, 5.41) is 12.6. The molecule has 0 aromatic heterocycles. The highest BCUT2D eigenvalue weighted by Crippen LogP contribution is 2.45. The quantitative estimate of drug-likeness (QED) is 0.810. The first-order chi connectivity index (χ1) is 8.02. The fraction of sp³-hybridized carbons (Fsp3) is 0.933. The highest BCUT2D eigenvalue weighted by atomic mass is 16.4. The number of hydrogen-bond acceptors (Lipinski definition) is 2. The monoisotopic (exact) mass is 255 g/mol. The summed E-state index contributed by atoms with van der Waals surface area (Å²) < 4.78 is 0. The SMILES string of the molecule is CC(C)C(NC1CC(C)(C)CC(C)(C)C1)C(=O)O. The van der Waals surface area contributed by atoms with Crippen LogP contribution in [-0.4, -0.2) is 23.2 Å². The molecule has 3 nitrogen and oxygen atoms in total. The zero-order valence-corrected chi connectivity index (χ0v) is 12.7. The maximum Gasteiger partial charge on any atom is 0.320 e. The van der Waals surface area contributed by atoms with Gasteiger partial charge in [-0.05, 0) is 36.0 Å². The van der Waals surface area contributed by atoms with E-state index < -0.39 is 12.0 Å². The normalized spacial score (nSPS) is 25.1. The summed E-state index contributed by atoms with van der Waals surface area (Å²) in [4.78, 5) is 11.3. The molecule has 1 rings (SSSR count). The lowest BCUT2D eigenvalue weighted by Gasteiger charge is -2.46. The molecular formula is C15H29NO2. The molecule has 0 amide bonds. The van der Waals surface area contributed by atoms with Crippen molar-refractivity contribution in [1.82, 2.24) is 5.32 Å². The summed E-state index contributed by atoms with van der Waals surface area (Å²) in [6.45, 7) is 13.1. The van der Waals surface area contributed by atoms with Gasteiger partial charge >= 0.3 is 5.97 Å². The van der Waals surface area contributed by atoms with Crippen LogP contribution >= 0.6 is 0 Å². The van der Waals surface area contributed by atoms with Crippen LogP contribution in [0.4, 0.5) is 0 Å². The maximum absolute atomic E-state index is 11.3. The molecule has 0 aliphatic heterocycles. The van der Waals surface area contributed by atoms with Crippen molar-refractivity contribution in [3.05, 3.63) is 0 Å². The van der Waals surface area contributed by atoms with Gasteiger partial charge < -0.3 is 10.4 Å². The molecule has 0 spiro atoms. The fourth-order valence-corrected chi connectivity index (χ4v) is 3.77. The standard InChI is InChI=1S/C15H29NO2/c1-10(2)12(13(17)18)16-11-7-14(3,4)9-15(5,6)8-11/h10-12,16H,7-9H2,1-6H3,(H,17,18). The van der Waals surface area contributed by atoms with Crippen molar-refractivity contribution in [2.24, 2.45) is 16.7 Å². The second kappa shape index (κ2) is 5.20. The molecule has 1 fully saturated rings. The van der Waals surface area contributed by atoms with Crippen molar-refractivity contribution in [3.63, 3.8) is 0 Å². The first-order valence-electron chi connectivity index (χ1n) is 7.01. The minimum absolute atomic E-state index is 0.121. The Labute approximate surface area is 111 Å². The van der Waals surface area contributed by atoms with Gasteiger partial charge in [0.15, 0.2) is 0 Å². The summed E-state index contributed by atoms with van der Waals surface area (Å²) in [6, 6.07) is -0.119. The Morgan fingerprint density at radius 3 is 1.94 bits per heavy atom. The Hall–Kier alpha value is -0.570.